The zero-order valence-electron chi connectivity index (χ0n) is 13.0. The highest BCUT2D eigenvalue weighted by molar-refractivity contribution is 5.80. The quantitative estimate of drug-likeness (QED) is 0.853. The second-order valence-corrected chi connectivity index (χ2v) is 6.84. The summed E-state index contributed by atoms with van der Waals surface area (Å²) >= 11 is 0. The van der Waals surface area contributed by atoms with Crippen molar-refractivity contribution in [3.8, 4) is 0 Å². The zero-order valence-corrected chi connectivity index (χ0v) is 13.0. The van der Waals surface area contributed by atoms with E-state index < -0.39 is 16.6 Å². The summed E-state index contributed by atoms with van der Waals surface area (Å²) in [6.07, 6.45) is 0.993. The Morgan fingerprint density at radius 2 is 2.00 bits per heavy atom. The number of nitrogens with zero attached hydrogens (tertiary/aromatic N) is 1. The number of carbonyl (C=O) groups is 2. The van der Waals surface area contributed by atoms with Gasteiger partial charge in [0.2, 0.25) is 0 Å². The molecule has 1 aromatic carbocycles. The van der Waals surface area contributed by atoms with E-state index in [1.807, 2.05) is 30.3 Å². The number of carbonyl (C=O) groups excluding carboxylic acids is 2. The number of urea groups is 1. The van der Waals surface area contributed by atoms with Crippen LogP contribution in [0.5, 0.6) is 0 Å². The molecule has 4 rings (SSSR count). The van der Waals surface area contributed by atoms with E-state index in [-0.39, 0.29) is 18.1 Å². The summed E-state index contributed by atoms with van der Waals surface area (Å²) in [4.78, 5) is 24.8. The van der Waals surface area contributed by atoms with Crippen molar-refractivity contribution in [1.29, 1.82) is 0 Å². The van der Waals surface area contributed by atoms with E-state index in [0.717, 1.165) is 12.0 Å². The summed E-state index contributed by atoms with van der Waals surface area (Å²) in [5, 5.41) is 0. The highest BCUT2D eigenvalue weighted by atomic mass is 16.6. The first-order valence-corrected chi connectivity index (χ1v) is 7.63. The Hall–Kier alpha value is -1.88. The van der Waals surface area contributed by atoms with Gasteiger partial charge in [-0.2, -0.15) is 4.79 Å². The number of piperidine rings is 2. The summed E-state index contributed by atoms with van der Waals surface area (Å²) in [6.45, 7) is 6.08. The molecule has 117 valence electrons. The fourth-order valence-electron chi connectivity index (χ4n) is 3.86. The fraction of sp³-hybridized carbons (Fsp3) is 0.471. The van der Waals surface area contributed by atoms with Gasteiger partial charge in [-0.15, -0.1) is 4.48 Å². The number of amides is 3. The molecule has 1 radical (unpaired) electrons. The molecular formula is C17H22N2O3+. The molecule has 22 heavy (non-hydrogen) atoms. The summed E-state index contributed by atoms with van der Waals surface area (Å²) < 4.78 is 4.95. The molecule has 1 saturated carbocycles. The smallest absolute Gasteiger partial charge is 0.415 e. The van der Waals surface area contributed by atoms with Crippen LogP contribution in [0.2, 0.25) is 0 Å². The van der Waals surface area contributed by atoms with Gasteiger partial charge in [-0.1, -0.05) is 44.2 Å². The molecule has 0 aromatic heterocycles. The van der Waals surface area contributed by atoms with E-state index in [1.54, 1.807) is 6.54 Å². The minimum atomic E-state index is -0.644. The van der Waals surface area contributed by atoms with Gasteiger partial charge in [0.1, 0.15) is 12.6 Å². The number of rotatable bonds is 2. The van der Waals surface area contributed by atoms with Crippen molar-refractivity contribution in [3.63, 3.8) is 0 Å². The van der Waals surface area contributed by atoms with Crippen LogP contribution in [0.15, 0.2) is 30.3 Å². The second kappa shape index (κ2) is 5.09. The lowest BCUT2D eigenvalue weighted by atomic mass is 9.53. The molecule has 3 fully saturated rings. The lowest BCUT2D eigenvalue weighted by molar-refractivity contribution is -0.810. The Morgan fingerprint density at radius 1 is 1.32 bits per heavy atom. The lowest BCUT2D eigenvalue weighted by Crippen LogP contribution is -2.76. The summed E-state index contributed by atoms with van der Waals surface area (Å²) in [5.41, 5.74) is 6.43. The van der Waals surface area contributed by atoms with Crippen LogP contribution in [0, 0.1) is 17.9 Å². The third kappa shape index (κ3) is 2.03. The minimum Gasteiger partial charge on any atom is -0.415 e. The van der Waals surface area contributed by atoms with Crippen LogP contribution < -0.4 is 5.73 Å². The first-order chi connectivity index (χ1) is 10.4. The molecule has 3 unspecified atom stereocenters. The van der Waals surface area contributed by atoms with Crippen LogP contribution in [0.1, 0.15) is 32.3 Å². The van der Waals surface area contributed by atoms with Gasteiger partial charge in [-0.05, 0) is 11.5 Å². The average Bonchev–Trinajstić information content (AvgIpc) is 2.53. The average molecular weight is 302 g/mol. The van der Waals surface area contributed by atoms with Crippen molar-refractivity contribution in [2.24, 2.45) is 17.1 Å². The Labute approximate surface area is 130 Å². The Bertz CT molecular complexity index is 597. The molecule has 2 aliphatic heterocycles. The second-order valence-electron chi connectivity index (χ2n) is 6.84. The number of benzene rings is 1. The molecule has 2 N–H and O–H groups in total. The predicted molar refractivity (Wildman–Crippen MR) is 81.1 cm³/mol. The maximum Gasteiger partial charge on any atom is 0.526 e. The molecule has 5 nitrogen and oxygen atoms in total. The fourth-order valence-corrected chi connectivity index (χ4v) is 3.86. The van der Waals surface area contributed by atoms with Gasteiger partial charge in [0, 0.05) is 18.3 Å². The van der Waals surface area contributed by atoms with Crippen LogP contribution in [0.25, 0.3) is 0 Å². The molecule has 2 heterocycles. The van der Waals surface area contributed by atoms with Crippen LogP contribution in [-0.2, 0) is 11.3 Å². The van der Waals surface area contributed by atoms with E-state index in [1.165, 1.54) is 0 Å². The van der Waals surface area contributed by atoms with Crippen molar-refractivity contribution in [2.45, 2.75) is 39.3 Å². The molecule has 1 aromatic rings. The van der Waals surface area contributed by atoms with Crippen LogP contribution in [0.4, 0.5) is 9.59 Å². The number of hydrogen-bond acceptors (Lipinski definition) is 3. The lowest BCUT2D eigenvalue weighted by Gasteiger charge is -2.60. The van der Waals surface area contributed by atoms with Crippen molar-refractivity contribution in [2.75, 3.05) is 0 Å². The number of primary amides is 1. The number of imide groups is 1. The van der Waals surface area contributed by atoms with E-state index in [2.05, 4.69) is 13.8 Å². The number of fused-ring (bicyclic) bond motifs is 2. The minimum absolute atomic E-state index is 0.0739. The van der Waals surface area contributed by atoms with Crippen LogP contribution in [-0.4, -0.2) is 22.6 Å². The molecule has 3 aliphatic rings. The third-order valence-electron chi connectivity index (χ3n) is 5.46. The zero-order chi connectivity index (χ0) is 16.0. The van der Waals surface area contributed by atoms with E-state index in [4.69, 9.17) is 10.5 Å². The van der Waals surface area contributed by atoms with Crippen molar-refractivity contribution in [1.82, 2.24) is 0 Å². The Morgan fingerprint density at radius 3 is 2.55 bits per heavy atom. The van der Waals surface area contributed by atoms with Gasteiger partial charge in [-0.25, -0.2) is 4.79 Å². The summed E-state index contributed by atoms with van der Waals surface area (Å²) in [7, 11) is 0. The van der Waals surface area contributed by atoms with Gasteiger partial charge in [0.05, 0.1) is 0 Å². The first-order valence-electron chi connectivity index (χ1n) is 7.63. The SMILES string of the molecule is CC1(C)C2C[CH][N+](C(N)=O)(C(=O)OCc3ccccc3)C1C2. The van der Waals surface area contributed by atoms with E-state index in [9.17, 15) is 9.59 Å². The molecular weight excluding hydrogens is 280 g/mol. The summed E-state index contributed by atoms with van der Waals surface area (Å²) in [5.74, 6) is 0.519. The topological polar surface area (TPSA) is 69.4 Å². The third-order valence-corrected chi connectivity index (χ3v) is 5.46. The largest absolute Gasteiger partial charge is 0.526 e. The van der Waals surface area contributed by atoms with Crippen LogP contribution >= 0.6 is 0 Å². The van der Waals surface area contributed by atoms with Gasteiger partial charge in [-0.3, -0.25) is 0 Å². The Kier molecular flexibility index (Phi) is 3.48. The van der Waals surface area contributed by atoms with Crippen molar-refractivity contribution < 1.29 is 18.8 Å². The monoisotopic (exact) mass is 302 g/mol. The van der Waals surface area contributed by atoms with Gasteiger partial charge >= 0.3 is 12.1 Å². The van der Waals surface area contributed by atoms with Crippen molar-refractivity contribution >= 4 is 12.1 Å². The van der Waals surface area contributed by atoms with Crippen LogP contribution in [0.3, 0.4) is 0 Å². The molecule has 2 saturated heterocycles. The number of quaternary nitrogens is 1. The summed E-state index contributed by atoms with van der Waals surface area (Å²) in [6, 6.07) is 8.66. The Balaban J connectivity index is 1.79. The molecule has 3 amide bonds. The number of ether oxygens (including phenoxy) is 1. The molecule has 5 heteroatoms. The van der Waals surface area contributed by atoms with Gasteiger partial charge < -0.3 is 10.5 Å². The van der Waals surface area contributed by atoms with Gasteiger partial charge in [0.25, 0.3) is 0 Å². The van der Waals surface area contributed by atoms with Gasteiger partial charge in [0.15, 0.2) is 6.54 Å². The standard InChI is InChI=1S/C17H22N2O3/c1-17(2)13-8-9-19(15(18)20,14(17)10-13)16(21)22-11-12-6-4-3-5-7-12/h3-7,9,13-14H,8,10-11H2,1-2H3,(H2,18,20)/q+1. The molecule has 1 aliphatic carbocycles. The molecule has 0 spiro atoms. The number of hydrogen-bond donors (Lipinski definition) is 1. The van der Waals surface area contributed by atoms with Crippen molar-refractivity contribution in [3.05, 3.63) is 42.4 Å². The highest BCUT2D eigenvalue weighted by Gasteiger charge is 2.69. The first kappa shape index (κ1) is 15.0. The maximum atomic E-state index is 12.7. The van der Waals surface area contributed by atoms with E-state index in [0.29, 0.717) is 12.3 Å². The molecule has 3 atom stereocenters. The normalized spacial score (nSPS) is 31.9. The predicted octanol–water partition coefficient (Wildman–Crippen LogP) is 3.20. The number of nitrogens with two attached hydrogens (primary N) is 1. The van der Waals surface area contributed by atoms with E-state index >= 15 is 0 Å². The highest BCUT2D eigenvalue weighted by Crippen LogP contribution is 2.58. The molecule has 2 bridgehead atoms. The maximum absolute atomic E-state index is 12.7.